The average molecular weight is 439 g/mol. The van der Waals surface area contributed by atoms with Crippen LogP contribution in [-0.2, 0) is 22.2 Å². The highest BCUT2D eigenvalue weighted by atomic mass is 35.5. The lowest BCUT2D eigenvalue weighted by Crippen LogP contribution is -2.27. The molecule has 6 nitrogen and oxygen atoms in total. The number of thiophene rings is 1. The van der Waals surface area contributed by atoms with Crippen molar-refractivity contribution in [1.29, 1.82) is 0 Å². The zero-order chi connectivity index (χ0) is 18.9. The molecule has 0 radical (unpaired) electrons. The maximum atomic E-state index is 12.3. The Morgan fingerprint density at radius 2 is 2.07 bits per heavy atom. The molecule has 0 amide bonds. The number of nitrogens with zero attached hydrogens (tertiary/aromatic N) is 3. The second kappa shape index (κ2) is 7.69. The van der Waals surface area contributed by atoms with Crippen molar-refractivity contribution in [3.63, 3.8) is 0 Å². The van der Waals surface area contributed by atoms with Crippen LogP contribution in [0, 0.1) is 0 Å². The maximum absolute atomic E-state index is 12.3. The zero-order valence-corrected chi connectivity index (χ0v) is 17.2. The molecule has 4 aromatic rings. The van der Waals surface area contributed by atoms with Crippen molar-refractivity contribution in [2.75, 3.05) is 6.54 Å². The van der Waals surface area contributed by atoms with E-state index in [4.69, 9.17) is 11.6 Å². The van der Waals surface area contributed by atoms with Gasteiger partial charge >= 0.3 is 0 Å². The molecule has 10 heteroatoms. The van der Waals surface area contributed by atoms with E-state index in [1.165, 1.54) is 11.3 Å². The average Bonchev–Trinajstić information content (AvgIpc) is 3.31. The van der Waals surface area contributed by atoms with Crippen LogP contribution >= 0.6 is 34.3 Å². The number of fused-ring (bicyclic) bond motifs is 1. The fourth-order valence-corrected chi connectivity index (χ4v) is 5.49. The number of nitrogens with one attached hydrogen (secondary N) is 1. The smallest absolute Gasteiger partial charge is 0.215 e. The second-order valence-electron chi connectivity index (χ2n) is 5.87. The van der Waals surface area contributed by atoms with Crippen molar-refractivity contribution in [2.45, 2.75) is 12.2 Å². The van der Waals surface area contributed by atoms with Gasteiger partial charge in [-0.2, -0.15) is 4.98 Å². The van der Waals surface area contributed by atoms with Crippen LogP contribution in [0.5, 0.6) is 0 Å². The summed E-state index contributed by atoms with van der Waals surface area (Å²) < 4.78 is 29.0. The maximum Gasteiger partial charge on any atom is 0.215 e. The minimum atomic E-state index is -3.44. The summed E-state index contributed by atoms with van der Waals surface area (Å²) in [6.07, 6.45) is 0.530. The number of thiazole rings is 1. The molecule has 27 heavy (non-hydrogen) atoms. The van der Waals surface area contributed by atoms with Gasteiger partial charge in [0.05, 0.1) is 16.3 Å². The molecular formula is C17H15ClN4O2S3. The van der Waals surface area contributed by atoms with Gasteiger partial charge < -0.3 is 0 Å². The Labute approximate surface area is 169 Å². The van der Waals surface area contributed by atoms with Gasteiger partial charge in [0.15, 0.2) is 5.82 Å². The molecule has 0 saturated carbocycles. The van der Waals surface area contributed by atoms with Crippen LogP contribution in [0.1, 0.15) is 11.3 Å². The van der Waals surface area contributed by atoms with Crippen LogP contribution in [0.2, 0.25) is 5.02 Å². The van der Waals surface area contributed by atoms with E-state index in [9.17, 15) is 8.42 Å². The number of aromatic nitrogens is 3. The van der Waals surface area contributed by atoms with E-state index in [-0.39, 0.29) is 5.75 Å². The van der Waals surface area contributed by atoms with Crippen molar-refractivity contribution >= 4 is 49.3 Å². The largest absolute Gasteiger partial charge is 0.215 e. The summed E-state index contributed by atoms with van der Waals surface area (Å²) in [7, 11) is -3.44. The summed E-state index contributed by atoms with van der Waals surface area (Å²) in [6.45, 7) is 0.295. The van der Waals surface area contributed by atoms with Gasteiger partial charge in [0.2, 0.25) is 15.0 Å². The molecule has 3 heterocycles. The molecule has 3 aromatic heterocycles. The number of hydrogen-bond acceptors (Lipinski definition) is 6. The van der Waals surface area contributed by atoms with Crippen molar-refractivity contribution < 1.29 is 8.42 Å². The predicted molar refractivity (Wildman–Crippen MR) is 110 cm³/mol. The highest BCUT2D eigenvalue weighted by molar-refractivity contribution is 7.88. The van der Waals surface area contributed by atoms with Gasteiger partial charge in [-0.3, -0.25) is 0 Å². The van der Waals surface area contributed by atoms with Crippen LogP contribution in [0.4, 0.5) is 0 Å². The van der Waals surface area contributed by atoms with Gasteiger partial charge in [-0.05, 0) is 29.1 Å². The molecule has 0 fully saturated rings. The van der Waals surface area contributed by atoms with E-state index in [0.717, 1.165) is 15.5 Å². The summed E-state index contributed by atoms with van der Waals surface area (Å²) in [5, 5.41) is 9.01. The summed E-state index contributed by atoms with van der Waals surface area (Å²) in [6, 6.07) is 10.8. The lowest BCUT2D eigenvalue weighted by atomic mass is 10.2. The van der Waals surface area contributed by atoms with E-state index < -0.39 is 10.0 Å². The van der Waals surface area contributed by atoms with Crippen LogP contribution in [0.25, 0.3) is 15.7 Å². The Balaban J connectivity index is 1.41. The molecule has 0 aliphatic rings. The predicted octanol–water partition coefficient (Wildman–Crippen LogP) is 3.83. The van der Waals surface area contributed by atoms with E-state index in [2.05, 4.69) is 14.8 Å². The first-order valence-electron chi connectivity index (χ1n) is 8.09. The normalized spacial score (nSPS) is 12.0. The molecule has 140 valence electrons. The quantitative estimate of drug-likeness (QED) is 0.475. The Hall–Kier alpha value is -1.78. The number of benzene rings is 1. The zero-order valence-electron chi connectivity index (χ0n) is 14.0. The van der Waals surface area contributed by atoms with E-state index in [1.54, 1.807) is 40.1 Å². The van der Waals surface area contributed by atoms with Gasteiger partial charge in [0, 0.05) is 23.4 Å². The van der Waals surface area contributed by atoms with Crippen LogP contribution in [0.3, 0.4) is 0 Å². The summed E-state index contributed by atoms with van der Waals surface area (Å²) in [4.78, 5) is 6.34. The topological polar surface area (TPSA) is 76.4 Å². The monoisotopic (exact) mass is 438 g/mol. The third kappa shape index (κ3) is 4.39. The Morgan fingerprint density at radius 3 is 2.85 bits per heavy atom. The number of sulfonamides is 1. The fraction of sp³-hybridized carbons (Fsp3) is 0.176. The molecule has 0 unspecified atom stereocenters. The lowest BCUT2D eigenvalue weighted by molar-refractivity contribution is 0.580. The highest BCUT2D eigenvalue weighted by Gasteiger charge is 2.14. The number of halogens is 1. The van der Waals surface area contributed by atoms with Gasteiger partial charge in [-0.1, -0.05) is 29.8 Å². The van der Waals surface area contributed by atoms with Crippen molar-refractivity contribution in [3.05, 3.63) is 63.4 Å². The molecular weight excluding hydrogens is 424 g/mol. The molecule has 4 rings (SSSR count). The molecule has 0 atom stereocenters. The number of rotatable bonds is 7. The first-order chi connectivity index (χ1) is 13.0. The summed E-state index contributed by atoms with van der Waals surface area (Å²) in [5.41, 5.74) is 1.58. The summed E-state index contributed by atoms with van der Waals surface area (Å²) >= 11 is 9.00. The molecule has 0 saturated heterocycles. The first kappa shape index (κ1) is 18.6. The van der Waals surface area contributed by atoms with Crippen molar-refractivity contribution in [1.82, 2.24) is 19.3 Å². The standard InChI is InChI=1S/C17H15ClN4O2S3/c18-13-4-1-3-12(9-13)11-27(23,24)19-7-6-14-10-26-17-20-16(21-22(14)17)15-5-2-8-25-15/h1-5,8-10,19H,6-7,11H2. The van der Waals surface area contributed by atoms with E-state index in [1.807, 2.05) is 22.9 Å². The summed E-state index contributed by atoms with van der Waals surface area (Å²) in [5.74, 6) is 0.595. The van der Waals surface area contributed by atoms with Gasteiger partial charge in [0.25, 0.3) is 0 Å². The molecule has 1 aromatic carbocycles. The third-order valence-electron chi connectivity index (χ3n) is 3.84. The van der Waals surface area contributed by atoms with Crippen LogP contribution < -0.4 is 4.72 Å². The minimum absolute atomic E-state index is 0.0988. The lowest BCUT2D eigenvalue weighted by Gasteiger charge is -2.06. The second-order valence-corrected chi connectivity index (χ2v) is 9.90. The number of hydrogen-bond donors (Lipinski definition) is 1. The first-order valence-corrected chi connectivity index (χ1v) is 11.9. The molecule has 0 aliphatic carbocycles. The van der Waals surface area contributed by atoms with E-state index >= 15 is 0 Å². The molecule has 0 spiro atoms. The van der Waals surface area contributed by atoms with Crippen molar-refractivity contribution in [3.8, 4) is 10.7 Å². The Morgan fingerprint density at radius 1 is 1.19 bits per heavy atom. The molecule has 1 N–H and O–H groups in total. The minimum Gasteiger partial charge on any atom is -0.215 e. The Bertz CT molecular complexity index is 1170. The van der Waals surface area contributed by atoms with E-state index in [0.29, 0.717) is 29.4 Å². The van der Waals surface area contributed by atoms with Gasteiger partial charge in [0.1, 0.15) is 0 Å². The van der Waals surface area contributed by atoms with Gasteiger partial charge in [-0.15, -0.1) is 27.8 Å². The van der Waals surface area contributed by atoms with Crippen LogP contribution in [-0.4, -0.2) is 29.6 Å². The van der Waals surface area contributed by atoms with Crippen molar-refractivity contribution in [2.24, 2.45) is 0 Å². The SMILES string of the molecule is O=S(=O)(Cc1cccc(Cl)c1)NCCc1csc2nc(-c3cccs3)nn12. The highest BCUT2D eigenvalue weighted by Crippen LogP contribution is 2.24. The Kier molecular flexibility index (Phi) is 5.29. The van der Waals surface area contributed by atoms with Crippen LogP contribution in [0.15, 0.2) is 47.2 Å². The molecule has 0 aliphatic heterocycles. The third-order valence-corrected chi connectivity index (χ3v) is 7.16. The van der Waals surface area contributed by atoms with Gasteiger partial charge in [-0.25, -0.2) is 17.7 Å². The fourth-order valence-electron chi connectivity index (χ4n) is 2.64. The molecule has 0 bridgehead atoms.